The summed E-state index contributed by atoms with van der Waals surface area (Å²) in [5.41, 5.74) is 3.31. The lowest BCUT2D eigenvalue weighted by atomic mass is 10.2. The molecule has 0 fully saturated rings. The first-order chi connectivity index (χ1) is 13.7. The second kappa shape index (κ2) is 8.85. The quantitative estimate of drug-likeness (QED) is 0.329. The number of aryl methyl sites for hydroxylation is 1. The van der Waals surface area contributed by atoms with Crippen LogP contribution < -0.4 is 4.74 Å². The molecule has 0 saturated heterocycles. The fourth-order valence-electron chi connectivity index (χ4n) is 2.72. The number of pyridine rings is 1. The standard InChI is InChI=1S/C21H23N5O2/c1-5-15(6-2)20(7-3)27-9-8-10-28-21-17(13-24-26(21)4)18-11-16-12-23-25-19(16)14-22-18/h5-7,11-14H,1-3,8-10H2,4H3,(H,23,25). The molecule has 0 aliphatic heterocycles. The van der Waals surface area contributed by atoms with Crippen LogP contribution in [-0.2, 0) is 11.8 Å². The highest BCUT2D eigenvalue weighted by molar-refractivity contribution is 5.82. The lowest BCUT2D eigenvalue weighted by molar-refractivity contribution is 0.186. The third-order valence-electron chi connectivity index (χ3n) is 4.18. The molecule has 3 heterocycles. The molecule has 7 nitrogen and oxygen atoms in total. The van der Waals surface area contributed by atoms with Gasteiger partial charge in [0.25, 0.3) is 0 Å². The molecule has 0 bridgehead atoms. The topological polar surface area (TPSA) is 77.8 Å². The van der Waals surface area contributed by atoms with Crippen molar-refractivity contribution in [2.45, 2.75) is 6.42 Å². The molecule has 0 aliphatic rings. The lowest BCUT2D eigenvalue weighted by Gasteiger charge is -2.11. The summed E-state index contributed by atoms with van der Waals surface area (Å²) in [7, 11) is 1.84. The Morgan fingerprint density at radius 1 is 1.14 bits per heavy atom. The Morgan fingerprint density at radius 2 is 1.96 bits per heavy atom. The van der Waals surface area contributed by atoms with E-state index in [-0.39, 0.29) is 0 Å². The summed E-state index contributed by atoms with van der Waals surface area (Å²) in [5, 5.41) is 12.2. The molecule has 28 heavy (non-hydrogen) atoms. The zero-order valence-electron chi connectivity index (χ0n) is 15.9. The SMILES string of the molecule is C=CC(C=C)=C(C=C)OCCCOc1c(-c2cc3cn[nH]c3cn2)cnn1C. The van der Waals surface area contributed by atoms with Gasteiger partial charge in [-0.1, -0.05) is 31.9 Å². The van der Waals surface area contributed by atoms with Crippen molar-refractivity contribution in [2.75, 3.05) is 13.2 Å². The van der Waals surface area contributed by atoms with E-state index in [9.17, 15) is 0 Å². The molecular formula is C21H23N5O2. The monoisotopic (exact) mass is 377 g/mol. The van der Waals surface area contributed by atoms with Crippen LogP contribution >= 0.6 is 0 Å². The maximum absolute atomic E-state index is 5.96. The zero-order chi connectivity index (χ0) is 19.9. The number of fused-ring (bicyclic) bond motifs is 1. The Bertz CT molecular complexity index is 1020. The van der Waals surface area contributed by atoms with E-state index < -0.39 is 0 Å². The van der Waals surface area contributed by atoms with Crippen LogP contribution in [0.3, 0.4) is 0 Å². The van der Waals surface area contributed by atoms with Crippen molar-refractivity contribution in [2.24, 2.45) is 7.05 Å². The minimum atomic E-state index is 0.475. The van der Waals surface area contributed by atoms with E-state index in [1.807, 2.05) is 13.1 Å². The second-order valence-corrected chi connectivity index (χ2v) is 6.00. The molecule has 0 spiro atoms. The summed E-state index contributed by atoms with van der Waals surface area (Å²) < 4.78 is 13.4. The van der Waals surface area contributed by atoms with Crippen molar-refractivity contribution in [3.05, 3.63) is 74.0 Å². The Hall–Kier alpha value is -3.61. The number of aromatic amines is 1. The number of nitrogens with one attached hydrogen (secondary N) is 1. The lowest BCUT2D eigenvalue weighted by Crippen LogP contribution is -2.06. The molecule has 7 heteroatoms. The largest absolute Gasteiger partial charge is 0.493 e. The molecule has 3 aromatic rings. The van der Waals surface area contributed by atoms with Crippen LogP contribution in [0, 0.1) is 0 Å². The van der Waals surface area contributed by atoms with Gasteiger partial charge in [0.05, 0.1) is 48.6 Å². The van der Waals surface area contributed by atoms with Crippen LogP contribution in [-0.4, -0.2) is 38.2 Å². The first kappa shape index (κ1) is 19.2. The number of ether oxygens (including phenoxy) is 2. The zero-order valence-corrected chi connectivity index (χ0v) is 15.9. The van der Waals surface area contributed by atoms with Crippen LogP contribution in [0.1, 0.15) is 6.42 Å². The molecule has 0 radical (unpaired) electrons. The number of aromatic nitrogens is 5. The van der Waals surface area contributed by atoms with Gasteiger partial charge in [-0.25, -0.2) is 4.68 Å². The maximum Gasteiger partial charge on any atom is 0.221 e. The van der Waals surface area contributed by atoms with Crippen molar-refractivity contribution < 1.29 is 9.47 Å². The third kappa shape index (κ3) is 4.03. The predicted octanol–water partition coefficient (Wildman–Crippen LogP) is 3.96. The van der Waals surface area contributed by atoms with Crippen molar-refractivity contribution in [1.82, 2.24) is 25.0 Å². The van der Waals surface area contributed by atoms with Crippen LogP contribution in [0.4, 0.5) is 0 Å². The summed E-state index contributed by atoms with van der Waals surface area (Å²) >= 11 is 0. The summed E-state index contributed by atoms with van der Waals surface area (Å²) in [6, 6.07) is 1.96. The van der Waals surface area contributed by atoms with Gasteiger partial charge in [-0.3, -0.25) is 10.1 Å². The fourth-order valence-corrected chi connectivity index (χ4v) is 2.72. The molecule has 0 atom stereocenters. The highest BCUT2D eigenvalue weighted by Gasteiger charge is 2.14. The molecule has 144 valence electrons. The van der Waals surface area contributed by atoms with Gasteiger partial charge in [0, 0.05) is 24.4 Å². The average molecular weight is 377 g/mol. The van der Waals surface area contributed by atoms with E-state index >= 15 is 0 Å². The third-order valence-corrected chi connectivity index (χ3v) is 4.18. The van der Waals surface area contributed by atoms with E-state index in [4.69, 9.17) is 9.47 Å². The van der Waals surface area contributed by atoms with Gasteiger partial charge >= 0.3 is 0 Å². The predicted molar refractivity (Wildman–Crippen MR) is 110 cm³/mol. The van der Waals surface area contributed by atoms with Crippen molar-refractivity contribution in [1.29, 1.82) is 0 Å². The second-order valence-electron chi connectivity index (χ2n) is 6.00. The number of rotatable bonds is 10. The molecule has 0 unspecified atom stereocenters. The Balaban J connectivity index is 1.63. The minimum absolute atomic E-state index is 0.475. The normalized spacial score (nSPS) is 10.5. The van der Waals surface area contributed by atoms with Crippen molar-refractivity contribution in [3.63, 3.8) is 0 Å². The smallest absolute Gasteiger partial charge is 0.221 e. The molecule has 1 N–H and O–H groups in total. The van der Waals surface area contributed by atoms with Crippen molar-refractivity contribution in [3.8, 4) is 17.1 Å². The maximum atomic E-state index is 5.96. The molecule has 0 aliphatic carbocycles. The van der Waals surface area contributed by atoms with Gasteiger partial charge in [-0.2, -0.15) is 10.2 Å². The van der Waals surface area contributed by atoms with E-state index in [2.05, 4.69) is 40.0 Å². The summed E-state index contributed by atoms with van der Waals surface area (Å²) in [6.45, 7) is 12.2. The molecule has 0 amide bonds. The average Bonchev–Trinajstić information content (AvgIpc) is 3.33. The molecule has 3 rings (SSSR count). The van der Waals surface area contributed by atoms with Crippen LogP contribution in [0.25, 0.3) is 22.2 Å². The highest BCUT2D eigenvalue weighted by atomic mass is 16.5. The van der Waals surface area contributed by atoms with Crippen LogP contribution in [0.2, 0.25) is 0 Å². The van der Waals surface area contributed by atoms with E-state index in [0.29, 0.717) is 31.3 Å². The van der Waals surface area contributed by atoms with Gasteiger partial charge in [-0.05, 0) is 12.1 Å². The first-order valence-corrected chi connectivity index (χ1v) is 8.86. The Morgan fingerprint density at radius 3 is 2.71 bits per heavy atom. The molecule has 3 aromatic heterocycles. The van der Waals surface area contributed by atoms with E-state index in [1.165, 1.54) is 0 Å². The molecular weight excluding hydrogens is 354 g/mol. The van der Waals surface area contributed by atoms with Crippen molar-refractivity contribution >= 4 is 10.9 Å². The van der Waals surface area contributed by atoms with Gasteiger partial charge in [0.1, 0.15) is 5.76 Å². The van der Waals surface area contributed by atoms with E-state index in [0.717, 1.165) is 27.7 Å². The fraction of sp³-hybridized carbons (Fsp3) is 0.190. The Labute approximate surface area is 163 Å². The van der Waals surface area contributed by atoms with Gasteiger partial charge in [0.2, 0.25) is 5.88 Å². The minimum Gasteiger partial charge on any atom is -0.493 e. The van der Waals surface area contributed by atoms with E-state index in [1.54, 1.807) is 41.5 Å². The van der Waals surface area contributed by atoms with Crippen LogP contribution in [0.15, 0.2) is 74.0 Å². The van der Waals surface area contributed by atoms with Crippen LogP contribution in [0.5, 0.6) is 5.88 Å². The number of hydrogen-bond donors (Lipinski definition) is 1. The number of hydrogen-bond acceptors (Lipinski definition) is 5. The summed E-state index contributed by atoms with van der Waals surface area (Å²) in [4.78, 5) is 4.47. The number of nitrogens with zero attached hydrogens (tertiary/aromatic N) is 4. The Kier molecular flexibility index (Phi) is 6.06. The number of H-pyrrole nitrogens is 1. The summed E-state index contributed by atoms with van der Waals surface area (Å²) in [6.07, 6.45) is 11.0. The highest BCUT2D eigenvalue weighted by Crippen LogP contribution is 2.29. The molecule has 0 aromatic carbocycles. The van der Waals surface area contributed by atoms with Gasteiger partial charge < -0.3 is 9.47 Å². The van der Waals surface area contributed by atoms with Gasteiger partial charge in [-0.15, -0.1) is 0 Å². The summed E-state index contributed by atoms with van der Waals surface area (Å²) in [5.74, 6) is 1.32. The molecule has 0 saturated carbocycles. The number of allylic oxidation sites excluding steroid dienone is 4. The first-order valence-electron chi connectivity index (χ1n) is 8.86. The van der Waals surface area contributed by atoms with Gasteiger partial charge in [0.15, 0.2) is 0 Å².